The summed E-state index contributed by atoms with van der Waals surface area (Å²) in [6, 6.07) is 24.5. The fourth-order valence-corrected chi connectivity index (χ4v) is 3.07. The standard InChI is InChI=1S/C22H15ClN2O/c23-19-12-6-7-13-21(19)25-22(26)18-11-5-4-8-16(18)14-15-20(24-25)17-9-2-1-3-10-17/h1-15H/b15-14-,24-20+. The molecule has 4 rings (SSSR count). The molecule has 0 spiro atoms. The van der Waals surface area contributed by atoms with E-state index in [4.69, 9.17) is 11.6 Å². The number of benzene rings is 3. The van der Waals surface area contributed by atoms with Crippen LogP contribution in [0.3, 0.4) is 0 Å². The van der Waals surface area contributed by atoms with E-state index in [0.717, 1.165) is 11.1 Å². The van der Waals surface area contributed by atoms with Gasteiger partial charge in [0.1, 0.15) is 0 Å². The normalized spacial score (nSPS) is 16.9. The van der Waals surface area contributed by atoms with Crippen molar-refractivity contribution in [3.63, 3.8) is 0 Å². The Morgan fingerprint density at radius 1 is 0.769 bits per heavy atom. The molecule has 0 saturated carbocycles. The van der Waals surface area contributed by atoms with Crippen LogP contribution in [0.5, 0.6) is 0 Å². The molecule has 1 amide bonds. The molecule has 0 N–H and O–H groups in total. The summed E-state index contributed by atoms with van der Waals surface area (Å²) < 4.78 is 0. The quantitative estimate of drug-likeness (QED) is 0.602. The molecule has 0 saturated heterocycles. The molecule has 0 bridgehead atoms. The number of nitrogens with zero attached hydrogens (tertiary/aromatic N) is 2. The Bertz CT molecular complexity index is 1030. The fourth-order valence-electron chi connectivity index (χ4n) is 2.86. The second kappa shape index (κ2) is 6.98. The number of allylic oxidation sites excluding steroid dienone is 1. The third kappa shape index (κ3) is 3.05. The van der Waals surface area contributed by atoms with Crippen molar-refractivity contribution >= 4 is 35.0 Å². The summed E-state index contributed by atoms with van der Waals surface area (Å²) >= 11 is 6.36. The Labute approximate surface area is 156 Å². The van der Waals surface area contributed by atoms with Crippen LogP contribution >= 0.6 is 11.6 Å². The minimum absolute atomic E-state index is 0.216. The highest BCUT2D eigenvalue weighted by Gasteiger charge is 2.23. The van der Waals surface area contributed by atoms with Crippen molar-refractivity contribution in [1.29, 1.82) is 0 Å². The lowest BCUT2D eigenvalue weighted by molar-refractivity contribution is 0.0987. The zero-order chi connectivity index (χ0) is 17.9. The van der Waals surface area contributed by atoms with Crippen molar-refractivity contribution in [3.8, 4) is 0 Å². The summed E-state index contributed by atoms with van der Waals surface area (Å²) in [7, 11) is 0. The summed E-state index contributed by atoms with van der Waals surface area (Å²) in [5.74, 6) is -0.216. The molecule has 0 radical (unpaired) electrons. The minimum Gasteiger partial charge on any atom is -0.267 e. The number of anilines is 1. The first-order chi connectivity index (χ1) is 12.7. The third-order valence-corrected chi connectivity index (χ3v) is 4.48. The maximum absolute atomic E-state index is 13.2. The Morgan fingerprint density at radius 2 is 1.46 bits per heavy atom. The fraction of sp³-hybridized carbons (Fsp3) is 0. The first-order valence-corrected chi connectivity index (χ1v) is 8.62. The Morgan fingerprint density at radius 3 is 2.27 bits per heavy atom. The SMILES string of the molecule is O=C1c2ccccc2/C=C\C(c2ccccc2)=N/N1c1ccccc1Cl. The Balaban J connectivity index is 1.94. The van der Waals surface area contributed by atoms with Crippen LogP contribution < -0.4 is 5.01 Å². The second-order valence-corrected chi connectivity index (χ2v) is 6.25. The van der Waals surface area contributed by atoms with Crippen LogP contribution in [0.15, 0.2) is 90.0 Å². The molecule has 3 aromatic rings. The van der Waals surface area contributed by atoms with E-state index in [-0.39, 0.29) is 5.91 Å². The summed E-state index contributed by atoms with van der Waals surface area (Å²) in [4.78, 5) is 13.2. The number of hydrazone groups is 1. The van der Waals surface area contributed by atoms with Crippen LogP contribution in [0.4, 0.5) is 5.69 Å². The molecule has 126 valence electrons. The maximum Gasteiger partial charge on any atom is 0.279 e. The van der Waals surface area contributed by atoms with E-state index in [9.17, 15) is 4.79 Å². The van der Waals surface area contributed by atoms with Crippen molar-refractivity contribution in [1.82, 2.24) is 0 Å². The number of hydrogen-bond acceptors (Lipinski definition) is 2. The number of carbonyl (C=O) groups is 1. The monoisotopic (exact) mass is 358 g/mol. The van der Waals surface area contributed by atoms with Crippen molar-refractivity contribution in [3.05, 3.63) is 107 Å². The highest BCUT2D eigenvalue weighted by atomic mass is 35.5. The molecule has 3 aromatic carbocycles. The van der Waals surface area contributed by atoms with Crippen LogP contribution in [0, 0.1) is 0 Å². The highest BCUT2D eigenvalue weighted by Crippen LogP contribution is 2.29. The first kappa shape index (κ1) is 16.3. The van der Waals surface area contributed by atoms with Gasteiger partial charge in [0.15, 0.2) is 0 Å². The van der Waals surface area contributed by atoms with Crippen molar-refractivity contribution in [2.75, 3.05) is 5.01 Å². The maximum atomic E-state index is 13.2. The predicted octanol–water partition coefficient (Wildman–Crippen LogP) is 5.42. The molecule has 4 heteroatoms. The van der Waals surface area contributed by atoms with E-state index in [1.54, 1.807) is 18.2 Å². The number of hydrogen-bond donors (Lipinski definition) is 0. The van der Waals surface area contributed by atoms with Gasteiger partial charge in [0, 0.05) is 11.1 Å². The van der Waals surface area contributed by atoms with E-state index >= 15 is 0 Å². The third-order valence-electron chi connectivity index (χ3n) is 4.16. The first-order valence-electron chi connectivity index (χ1n) is 8.24. The van der Waals surface area contributed by atoms with Crippen LogP contribution in [0.2, 0.25) is 5.02 Å². The molecule has 1 aliphatic rings. The number of halogens is 1. The van der Waals surface area contributed by atoms with E-state index in [2.05, 4.69) is 5.10 Å². The van der Waals surface area contributed by atoms with Gasteiger partial charge in [0.25, 0.3) is 5.91 Å². The van der Waals surface area contributed by atoms with Gasteiger partial charge in [-0.3, -0.25) is 4.79 Å². The van der Waals surface area contributed by atoms with Gasteiger partial charge >= 0.3 is 0 Å². The molecular weight excluding hydrogens is 344 g/mol. The van der Waals surface area contributed by atoms with Crippen molar-refractivity contribution < 1.29 is 4.79 Å². The zero-order valence-corrected chi connectivity index (χ0v) is 14.6. The number of rotatable bonds is 2. The molecule has 0 aliphatic carbocycles. The van der Waals surface area contributed by atoms with Crippen molar-refractivity contribution in [2.24, 2.45) is 5.10 Å². The molecule has 0 fully saturated rings. The molecule has 1 aliphatic heterocycles. The van der Waals surface area contributed by atoms with E-state index in [1.807, 2.05) is 72.8 Å². The summed E-state index contributed by atoms with van der Waals surface area (Å²) in [6.45, 7) is 0. The van der Waals surface area contributed by atoms with Gasteiger partial charge in [0.2, 0.25) is 0 Å². The number of para-hydroxylation sites is 1. The number of fused-ring (bicyclic) bond motifs is 1. The predicted molar refractivity (Wildman–Crippen MR) is 107 cm³/mol. The molecule has 1 heterocycles. The largest absolute Gasteiger partial charge is 0.279 e. The molecule has 0 atom stereocenters. The van der Waals surface area contributed by atoms with Crippen LogP contribution in [0.1, 0.15) is 21.5 Å². The van der Waals surface area contributed by atoms with E-state index < -0.39 is 0 Å². The molecule has 0 unspecified atom stereocenters. The minimum atomic E-state index is -0.216. The van der Waals surface area contributed by atoms with E-state index in [0.29, 0.717) is 22.0 Å². The van der Waals surface area contributed by atoms with Gasteiger partial charge in [-0.25, -0.2) is 0 Å². The van der Waals surface area contributed by atoms with E-state index in [1.165, 1.54) is 5.01 Å². The van der Waals surface area contributed by atoms with Crippen LogP contribution in [-0.4, -0.2) is 11.6 Å². The van der Waals surface area contributed by atoms with Gasteiger partial charge < -0.3 is 0 Å². The highest BCUT2D eigenvalue weighted by molar-refractivity contribution is 6.34. The Hall–Kier alpha value is -3.17. The Kier molecular flexibility index (Phi) is 4.38. The lowest BCUT2D eigenvalue weighted by Crippen LogP contribution is -2.29. The average molecular weight is 359 g/mol. The molecule has 26 heavy (non-hydrogen) atoms. The molecule has 0 aromatic heterocycles. The smallest absolute Gasteiger partial charge is 0.267 e. The average Bonchev–Trinajstić information content (AvgIpc) is 2.68. The number of carbonyl (C=O) groups excluding carboxylic acids is 1. The van der Waals surface area contributed by atoms with Crippen molar-refractivity contribution in [2.45, 2.75) is 0 Å². The zero-order valence-electron chi connectivity index (χ0n) is 13.8. The summed E-state index contributed by atoms with van der Waals surface area (Å²) in [5, 5.41) is 6.50. The van der Waals surface area contributed by atoms with Gasteiger partial charge in [-0.2, -0.15) is 10.1 Å². The van der Waals surface area contributed by atoms with Crippen LogP contribution in [0.25, 0.3) is 6.08 Å². The van der Waals surface area contributed by atoms with Gasteiger partial charge in [-0.05, 0) is 29.8 Å². The lowest BCUT2D eigenvalue weighted by atomic mass is 10.0. The van der Waals surface area contributed by atoms with Gasteiger partial charge in [-0.1, -0.05) is 78.3 Å². The van der Waals surface area contributed by atoms with Gasteiger partial charge in [0.05, 0.1) is 16.4 Å². The van der Waals surface area contributed by atoms with Crippen LogP contribution in [-0.2, 0) is 0 Å². The number of amides is 1. The summed E-state index contributed by atoms with van der Waals surface area (Å²) in [6.07, 6.45) is 3.84. The molecule has 3 nitrogen and oxygen atoms in total. The summed E-state index contributed by atoms with van der Waals surface area (Å²) in [5.41, 5.74) is 3.59. The molecular formula is C22H15ClN2O. The lowest BCUT2D eigenvalue weighted by Gasteiger charge is -2.22. The van der Waals surface area contributed by atoms with Gasteiger partial charge in [-0.15, -0.1) is 0 Å². The topological polar surface area (TPSA) is 32.7 Å². The second-order valence-electron chi connectivity index (χ2n) is 5.84.